The minimum absolute atomic E-state index is 0.777. The summed E-state index contributed by atoms with van der Waals surface area (Å²) in [5.41, 5.74) is 6.14. The summed E-state index contributed by atoms with van der Waals surface area (Å²) in [5.74, 6) is 0.777. The third kappa shape index (κ3) is 3.39. The Labute approximate surface area is 150 Å². The fraction of sp³-hybridized carbons (Fsp3) is 0.348. The Kier molecular flexibility index (Phi) is 4.69. The van der Waals surface area contributed by atoms with E-state index in [2.05, 4.69) is 72.3 Å². The normalized spacial score (nSPS) is 15.4. The minimum atomic E-state index is 0.777. The molecule has 4 rings (SSSR count). The zero-order valence-corrected chi connectivity index (χ0v) is 15.0. The maximum Gasteiger partial charge on any atom is 0.100 e. The molecule has 128 valence electrons. The lowest BCUT2D eigenvalue weighted by atomic mass is 9.89. The Morgan fingerprint density at radius 3 is 2.08 bits per heavy atom. The number of nitrogens with zero attached hydrogens (tertiary/aromatic N) is 2. The number of aromatic nitrogens is 2. The van der Waals surface area contributed by atoms with Crippen LogP contribution in [0, 0.1) is 12.8 Å². The van der Waals surface area contributed by atoms with Crippen molar-refractivity contribution in [3.8, 4) is 22.4 Å². The molecule has 0 saturated heterocycles. The number of rotatable bonds is 4. The first-order valence-corrected chi connectivity index (χ1v) is 9.51. The molecule has 1 aliphatic rings. The van der Waals surface area contributed by atoms with Crippen LogP contribution in [-0.4, -0.2) is 9.78 Å². The Morgan fingerprint density at radius 2 is 1.44 bits per heavy atom. The molecule has 2 nitrogen and oxygen atoms in total. The van der Waals surface area contributed by atoms with Gasteiger partial charge in [0, 0.05) is 23.4 Å². The molecule has 0 unspecified atom stereocenters. The van der Waals surface area contributed by atoms with Crippen LogP contribution in [0.15, 0.2) is 60.7 Å². The van der Waals surface area contributed by atoms with Crippen molar-refractivity contribution in [3.63, 3.8) is 0 Å². The maximum absolute atomic E-state index is 5.07. The van der Waals surface area contributed by atoms with Crippen molar-refractivity contribution in [2.45, 2.75) is 45.6 Å². The van der Waals surface area contributed by atoms with Gasteiger partial charge in [-0.15, -0.1) is 0 Å². The van der Waals surface area contributed by atoms with E-state index in [0.29, 0.717) is 0 Å². The highest BCUT2D eigenvalue weighted by molar-refractivity contribution is 5.82. The zero-order valence-electron chi connectivity index (χ0n) is 15.0. The molecule has 0 bridgehead atoms. The summed E-state index contributed by atoms with van der Waals surface area (Å²) in [6.07, 6.45) is 6.85. The van der Waals surface area contributed by atoms with Crippen LogP contribution in [0.3, 0.4) is 0 Å². The first kappa shape index (κ1) is 16.1. The monoisotopic (exact) mass is 330 g/mol. The van der Waals surface area contributed by atoms with Gasteiger partial charge in [-0.05, 0) is 31.2 Å². The number of benzene rings is 2. The summed E-state index contributed by atoms with van der Waals surface area (Å²) in [7, 11) is 0. The fourth-order valence-corrected chi connectivity index (χ4v) is 4.09. The lowest BCUT2D eigenvalue weighted by Gasteiger charge is -2.22. The van der Waals surface area contributed by atoms with E-state index in [4.69, 9.17) is 5.10 Å². The predicted octanol–water partition coefficient (Wildman–Crippen LogP) is 6.11. The average Bonchev–Trinajstić information content (AvgIpc) is 3.00. The van der Waals surface area contributed by atoms with Crippen LogP contribution in [0.1, 0.15) is 37.8 Å². The minimum Gasteiger partial charge on any atom is -0.268 e. The van der Waals surface area contributed by atoms with Gasteiger partial charge in [-0.3, -0.25) is 4.68 Å². The van der Waals surface area contributed by atoms with Gasteiger partial charge in [-0.1, -0.05) is 79.9 Å². The molecule has 1 saturated carbocycles. The second-order valence-corrected chi connectivity index (χ2v) is 7.23. The third-order valence-electron chi connectivity index (χ3n) is 5.47. The molecule has 1 aliphatic carbocycles. The van der Waals surface area contributed by atoms with Crippen molar-refractivity contribution >= 4 is 0 Å². The van der Waals surface area contributed by atoms with Crippen LogP contribution in [-0.2, 0) is 6.54 Å². The van der Waals surface area contributed by atoms with E-state index in [1.165, 1.54) is 54.5 Å². The largest absolute Gasteiger partial charge is 0.268 e. The molecule has 1 fully saturated rings. The van der Waals surface area contributed by atoms with Gasteiger partial charge >= 0.3 is 0 Å². The lowest BCUT2D eigenvalue weighted by Crippen LogP contribution is -2.16. The van der Waals surface area contributed by atoms with Gasteiger partial charge in [0.1, 0.15) is 5.69 Å². The standard InChI is InChI=1S/C23H26N2/c1-18-22(20-13-7-3-8-14-20)23(21-15-9-4-10-16-21)24-25(18)17-19-11-5-2-6-12-19/h3-4,7-10,13-16,19H,2,5-6,11-12,17H2,1H3. The molecule has 1 heterocycles. The summed E-state index contributed by atoms with van der Waals surface area (Å²) in [6, 6.07) is 21.3. The highest BCUT2D eigenvalue weighted by Gasteiger charge is 2.21. The maximum atomic E-state index is 5.07. The van der Waals surface area contributed by atoms with E-state index in [-0.39, 0.29) is 0 Å². The molecular weight excluding hydrogens is 304 g/mol. The van der Waals surface area contributed by atoms with E-state index in [1.54, 1.807) is 0 Å². The first-order chi connectivity index (χ1) is 12.3. The number of hydrogen-bond acceptors (Lipinski definition) is 1. The van der Waals surface area contributed by atoms with Crippen molar-refractivity contribution in [1.82, 2.24) is 9.78 Å². The quantitative estimate of drug-likeness (QED) is 0.564. The van der Waals surface area contributed by atoms with Crippen molar-refractivity contribution in [2.75, 3.05) is 0 Å². The van der Waals surface area contributed by atoms with Gasteiger partial charge < -0.3 is 0 Å². The summed E-state index contributed by atoms with van der Waals surface area (Å²) in [4.78, 5) is 0. The Hall–Kier alpha value is -2.35. The van der Waals surface area contributed by atoms with Gasteiger partial charge in [0.25, 0.3) is 0 Å². The SMILES string of the molecule is Cc1c(-c2ccccc2)c(-c2ccccc2)nn1CC1CCCCC1. The molecular formula is C23H26N2. The van der Waals surface area contributed by atoms with Crippen LogP contribution < -0.4 is 0 Å². The summed E-state index contributed by atoms with van der Waals surface area (Å²) < 4.78 is 2.26. The van der Waals surface area contributed by atoms with Gasteiger partial charge in [0.15, 0.2) is 0 Å². The van der Waals surface area contributed by atoms with Gasteiger partial charge in [0.2, 0.25) is 0 Å². The van der Waals surface area contributed by atoms with Crippen molar-refractivity contribution in [3.05, 3.63) is 66.4 Å². The average molecular weight is 330 g/mol. The predicted molar refractivity (Wildman–Crippen MR) is 104 cm³/mol. The molecule has 0 aliphatic heterocycles. The Bertz CT molecular complexity index is 812. The van der Waals surface area contributed by atoms with E-state index in [9.17, 15) is 0 Å². The summed E-state index contributed by atoms with van der Waals surface area (Å²) in [5, 5.41) is 5.07. The van der Waals surface area contributed by atoms with Crippen molar-refractivity contribution in [1.29, 1.82) is 0 Å². The van der Waals surface area contributed by atoms with Crippen molar-refractivity contribution < 1.29 is 0 Å². The number of hydrogen-bond donors (Lipinski definition) is 0. The smallest absolute Gasteiger partial charge is 0.100 e. The van der Waals surface area contributed by atoms with E-state index >= 15 is 0 Å². The van der Waals surface area contributed by atoms with Crippen LogP contribution in [0.25, 0.3) is 22.4 Å². The Morgan fingerprint density at radius 1 is 0.840 bits per heavy atom. The van der Waals surface area contributed by atoms with Gasteiger partial charge in [0.05, 0.1) is 0 Å². The third-order valence-corrected chi connectivity index (χ3v) is 5.47. The fourth-order valence-electron chi connectivity index (χ4n) is 4.09. The van der Waals surface area contributed by atoms with Gasteiger partial charge in [-0.2, -0.15) is 5.10 Å². The summed E-state index contributed by atoms with van der Waals surface area (Å²) in [6.45, 7) is 3.28. The van der Waals surface area contributed by atoms with Crippen LogP contribution >= 0.6 is 0 Å². The second-order valence-electron chi connectivity index (χ2n) is 7.23. The molecule has 0 spiro atoms. The van der Waals surface area contributed by atoms with Crippen molar-refractivity contribution in [2.24, 2.45) is 5.92 Å². The van der Waals surface area contributed by atoms with Crippen LogP contribution in [0.5, 0.6) is 0 Å². The Balaban J connectivity index is 1.77. The highest BCUT2D eigenvalue weighted by atomic mass is 15.3. The van der Waals surface area contributed by atoms with E-state index in [1.807, 2.05) is 0 Å². The first-order valence-electron chi connectivity index (χ1n) is 9.51. The topological polar surface area (TPSA) is 17.8 Å². The molecule has 2 heteroatoms. The highest BCUT2D eigenvalue weighted by Crippen LogP contribution is 2.35. The lowest BCUT2D eigenvalue weighted by molar-refractivity contribution is 0.306. The molecule has 0 atom stereocenters. The summed E-state index contributed by atoms with van der Waals surface area (Å²) >= 11 is 0. The molecule has 0 amide bonds. The molecule has 1 aromatic heterocycles. The van der Waals surface area contributed by atoms with Crippen LogP contribution in [0.4, 0.5) is 0 Å². The zero-order chi connectivity index (χ0) is 17.1. The van der Waals surface area contributed by atoms with Crippen LogP contribution in [0.2, 0.25) is 0 Å². The molecule has 0 N–H and O–H groups in total. The van der Waals surface area contributed by atoms with Gasteiger partial charge in [-0.25, -0.2) is 0 Å². The van der Waals surface area contributed by atoms with E-state index in [0.717, 1.165) is 18.2 Å². The van der Waals surface area contributed by atoms with E-state index < -0.39 is 0 Å². The second kappa shape index (κ2) is 7.26. The molecule has 0 radical (unpaired) electrons. The molecule has 3 aromatic rings. The molecule has 2 aromatic carbocycles. The molecule has 25 heavy (non-hydrogen) atoms.